The zero-order valence-electron chi connectivity index (χ0n) is 15.9. The van der Waals surface area contributed by atoms with Gasteiger partial charge in [-0.3, -0.25) is 21.0 Å². The predicted molar refractivity (Wildman–Crippen MR) is 98.2 cm³/mol. The largest absolute Gasteiger partial charge is 0.364 e. The van der Waals surface area contributed by atoms with E-state index in [2.05, 4.69) is 31.3 Å². The van der Waals surface area contributed by atoms with Crippen LogP contribution >= 0.6 is 0 Å². The number of ether oxygens (including phenoxy) is 2. The number of halogens is 1. The van der Waals surface area contributed by atoms with Gasteiger partial charge in [0.25, 0.3) is 0 Å². The minimum absolute atomic E-state index is 0.0878. The maximum Gasteiger partial charge on any atom is 0.113 e. The summed E-state index contributed by atoms with van der Waals surface area (Å²) in [4.78, 5) is 2.42. The molecular weight excluding hydrogens is 351 g/mol. The van der Waals surface area contributed by atoms with Gasteiger partial charge in [-0.2, -0.15) is 0 Å². The van der Waals surface area contributed by atoms with Crippen LogP contribution in [0.25, 0.3) is 0 Å². The molecule has 5 aliphatic heterocycles. The summed E-state index contributed by atoms with van der Waals surface area (Å²) in [5.74, 6) is 0.655. The monoisotopic (exact) mass is 384 g/mol. The van der Waals surface area contributed by atoms with Crippen LogP contribution in [0.2, 0.25) is 0 Å². The van der Waals surface area contributed by atoms with Crippen LogP contribution < -0.4 is 21.4 Å². The standard InChI is InChI=1S/C18H33FN6O2/c19-13-6-14-15-10-26-11-24(15)16-2-4-25-17(23-16)12(8-22-25)7-20-3-1-5-27-18(14)21-9-13/h12-18,20-23H,1-11H2/t12?,13?,14?,15-,16?,17?,18?/m1/s1. The van der Waals surface area contributed by atoms with Gasteiger partial charge in [-0.05, 0) is 25.8 Å². The normalized spacial score (nSPS) is 47.2. The molecule has 0 amide bonds. The number of nitrogens with zero attached hydrogens (tertiary/aromatic N) is 2. The van der Waals surface area contributed by atoms with Gasteiger partial charge in [0.2, 0.25) is 0 Å². The SMILES string of the molecule is FC1CNC2OCCCNCC3CNN4CCC(NC34)N3COC[C@@H]3C2C1. The van der Waals surface area contributed by atoms with Crippen molar-refractivity contribution in [1.82, 2.24) is 31.3 Å². The Morgan fingerprint density at radius 2 is 2.11 bits per heavy atom. The molecule has 5 rings (SSSR count). The van der Waals surface area contributed by atoms with Gasteiger partial charge in [0, 0.05) is 50.7 Å². The maximum absolute atomic E-state index is 14.2. The van der Waals surface area contributed by atoms with Crippen molar-refractivity contribution in [3.63, 3.8) is 0 Å². The first-order valence-electron chi connectivity index (χ1n) is 10.6. The third-order valence-electron chi connectivity index (χ3n) is 6.85. The summed E-state index contributed by atoms with van der Waals surface area (Å²) >= 11 is 0. The number of piperidine rings is 1. The van der Waals surface area contributed by atoms with E-state index in [-0.39, 0.29) is 24.4 Å². The van der Waals surface area contributed by atoms with Crippen LogP contribution in [-0.2, 0) is 9.47 Å². The summed E-state index contributed by atoms with van der Waals surface area (Å²) in [6.45, 7) is 6.35. The highest BCUT2D eigenvalue weighted by Crippen LogP contribution is 2.32. The van der Waals surface area contributed by atoms with Gasteiger partial charge in [0.05, 0.1) is 18.9 Å². The summed E-state index contributed by atoms with van der Waals surface area (Å²) in [6.07, 6.45) is 2.27. The Labute approximate surface area is 160 Å². The molecule has 0 spiro atoms. The van der Waals surface area contributed by atoms with E-state index < -0.39 is 6.17 Å². The van der Waals surface area contributed by atoms with Gasteiger partial charge in [-0.25, -0.2) is 9.40 Å². The molecule has 2 bridgehead atoms. The van der Waals surface area contributed by atoms with Crippen LogP contribution in [0.1, 0.15) is 19.3 Å². The lowest BCUT2D eigenvalue weighted by Crippen LogP contribution is -2.65. The Bertz CT molecular complexity index is 516. The van der Waals surface area contributed by atoms with Gasteiger partial charge in [-0.1, -0.05) is 0 Å². The fourth-order valence-electron chi connectivity index (χ4n) is 5.43. The highest BCUT2D eigenvalue weighted by atomic mass is 19.1. The number of hydrazine groups is 1. The lowest BCUT2D eigenvalue weighted by Gasteiger charge is -2.46. The van der Waals surface area contributed by atoms with Gasteiger partial charge in [0.1, 0.15) is 19.1 Å². The third kappa shape index (κ3) is 3.76. The first-order valence-corrected chi connectivity index (χ1v) is 10.6. The number of rotatable bonds is 0. The van der Waals surface area contributed by atoms with E-state index in [0.29, 0.717) is 45.0 Å². The second-order valence-corrected chi connectivity index (χ2v) is 8.57. The molecule has 154 valence electrons. The molecule has 5 fully saturated rings. The van der Waals surface area contributed by atoms with Crippen molar-refractivity contribution in [2.45, 2.75) is 50.0 Å². The van der Waals surface area contributed by atoms with E-state index in [1.165, 1.54) is 0 Å². The minimum atomic E-state index is -0.809. The van der Waals surface area contributed by atoms with E-state index in [4.69, 9.17) is 9.47 Å². The molecule has 27 heavy (non-hydrogen) atoms. The molecule has 5 saturated heterocycles. The fraction of sp³-hybridized carbons (Fsp3) is 1.00. The quantitative estimate of drug-likeness (QED) is 0.424. The van der Waals surface area contributed by atoms with E-state index >= 15 is 0 Å². The van der Waals surface area contributed by atoms with Crippen LogP contribution in [0.15, 0.2) is 0 Å². The number of hydrogen-bond donors (Lipinski definition) is 4. The molecule has 5 heterocycles. The zero-order valence-corrected chi connectivity index (χ0v) is 15.9. The van der Waals surface area contributed by atoms with Crippen molar-refractivity contribution in [2.75, 3.05) is 52.7 Å². The molecule has 7 atom stereocenters. The summed E-state index contributed by atoms with van der Waals surface area (Å²) in [7, 11) is 0. The average molecular weight is 385 g/mol. The summed E-state index contributed by atoms with van der Waals surface area (Å²) in [5, 5.41) is 13.1. The number of hydrogen-bond acceptors (Lipinski definition) is 8. The van der Waals surface area contributed by atoms with Crippen molar-refractivity contribution in [3.8, 4) is 0 Å². The van der Waals surface area contributed by atoms with Crippen LogP contribution in [0.5, 0.6) is 0 Å². The Balaban J connectivity index is 1.37. The van der Waals surface area contributed by atoms with Gasteiger partial charge in [-0.15, -0.1) is 0 Å². The molecule has 5 aliphatic rings. The number of alkyl halides is 1. The van der Waals surface area contributed by atoms with E-state index in [1.54, 1.807) is 0 Å². The van der Waals surface area contributed by atoms with Gasteiger partial charge < -0.3 is 14.8 Å². The van der Waals surface area contributed by atoms with Gasteiger partial charge >= 0.3 is 0 Å². The lowest BCUT2D eigenvalue weighted by atomic mass is 9.88. The Kier molecular flexibility index (Phi) is 5.63. The maximum atomic E-state index is 14.2. The van der Waals surface area contributed by atoms with Crippen LogP contribution in [0, 0.1) is 11.8 Å². The lowest BCUT2D eigenvalue weighted by molar-refractivity contribution is -0.0778. The predicted octanol–water partition coefficient (Wildman–Crippen LogP) is -0.990. The van der Waals surface area contributed by atoms with Crippen LogP contribution in [0.3, 0.4) is 0 Å². The fourth-order valence-corrected chi connectivity index (χ4v) is 5.43. The summed E-state index contributed by atoms with van der Waals surface area (Å²) in [6, 6.07) is 0.193. The molecule has 4 N–H and O–H groups in total. The second-order valence-electron chi connectivity index (χ2n) is 8.57. The molecule has 8 nitrogen and oxygen atoms in total. The Hall–Kier alpha value is -0.390. The van der Waals surface area contributed by atoms with Crippen LogP contribution in [-0.4, -0.2) is 93.4 Å². The third-order valence-corrected chi connectivity index (χ3v) is 6.85. The number of fused-ring (bicyclic) bond motifs is 5. The highest BCUT2D eigenvalue weighted by molar-refractivity contribution is 4.97. The smallest absolute Gasteiger partial charge is 0.113 e. The number of nitrogens with one attached hydrogen (secondary N) is 4. The summed E-state index contributed by atoms with van der Waals surface area (Å²) in [5.41, 5.74) is 3.55. The molecule has 0 aliphatic carbocycles. The molecule has 0 aromatic heterocycles. The Morgan fingerprint density at radius 1 is 1.15 bits per heavy atom. The first kappa shape index (κ1) is 18.6. The summed E-state index contributed by atoms with van der Waals surface area (Å²) < 4.78 is 26.3. The minimum Gasteiger partial charge on any atom is -0.364 e. The molecule has 0 aromatic rings. The van der Waals surface area contributed by atoms with Gasteiger partial charge in [0.15, 0.2) is 0 Å². The molecular formula is C18H33FN6O2. The first-order chi connectivity index (χ1) is 13.3. The average Bonchev–Trinajstić information content (AvgIpc) is 3.31. The van der Waals surface area contributed by atoms with Crippen molar-refractivity contribution in [3.05, 3.63) is 0 Å². The second kappa shape index (κ2) is 8.16. The molecule has 0 aromatic carbocycles. The molecule has 6 unspecified atom stereocenters. The zero-order chi connectivity index (χ0) is 18.2. The topological polar surface area (TPSA) is 73.1 Å². The highest BCUT2D eigenvalue weighted by Gasteiger charge is 2.46. The van der Waals surface area contributed by atoms with E-state index in [0.717, 1.165) is 39.0 Å². The van der Waals surface area contributed by atoms with Crippen molar-refractivity contribution in [2.24, 2.45) is 11.8 Å². The van der Waals surface area contributed by atoms with E-state index in [1.807, 2.05) is 0 Å². The van der Waals surface area contributed by atoms with Crippen molar-refractivity contribution in [1.29, 1.82) is 0 Å². The van der Waals surface area contributed by atoms with E-state index in [9.17, 15) is 4.39 Å². The van der Waals surface area contributed by atoms with Crippen molar-refractivity contribution < 1.29 is 13.9 Å². The molecule has 9 heteroatoms. The molecule has 0 radical (unpaired) electrons. The molecule has 0 saturated carbocycles. The van der Waals surface area contributed by atoms with Crippen LogP contribution in [0.4, 0.5) is 4.39 Å². The van der Waals surface area contributed by atoms with Crippen molar-refractivity contribution >= 4 is 0 Å². The Morgan fingerprint density at radius 3 is 3.07 bits per heavy atom.